The number of oxime groups is 1. The van der Waals surface area contributed by atoms with Gasteiger partial charge in [-0.25, -0.2) is 0 Å². The van der Waals surface area contributed by atoms with E-state index in [9.17, 15) is 0 Å². The predicted octanol–water partition coefficient (Wildman–Crippen LogP) is 4.49. The second-order valence-electron chi connectivity index (χ2n) is 6.58. The third kappa shape index (κ3) is 1.84. The van der Waals surface area contributed by atoms with Crippen LogP contribution < -0.4 is 4.90 Å². The molecule has 5 rings (SSSR count). The molecular formula is C22H18N2O. The van der Waals surface area contributed by atoms with Crippen molar-refractivity contribution in [3.05, 3.63) is 95.6 Å². The zero-order chi connectivity index (χ0) is 16.9. The van der Waals surface area contributed by atoms with E-state index in [2.05, 4.69) is 89.9 Å². The van der Waals surface area contributed by atoms with Crippen LogP contribution >= 0.6 is 0 Å². The van der Waals surface area contributed by atoms with Crippen LogP contribution in [0.25, 0.3) is 0 Å². The summed E-state index contributed by atoms with van der Waals surface area (Å²) in [5.41, 5.74) is 6.62. The molecule has 0 saturated heterocycles. The molecule has 0 atom stereocenters. The van der Waals surface area contributed by atoms with Crippen molar-refractivity contribution in [3.63, 3.8) is 0 Å². The summed E-state index contributed by atoms with van der Waals surface area (Å²) in [5.74, 6) is 0. The number of para-hydroxylation sites is 2. The van der Waals surface area contributed by atoms with E-state index in [0.717, 1.165) is 11.3 Å². The Morgan fingerprint density at radius 1 is 0.800 bits per heavy atom. The highest BCUT2D eigenvalue weighted by molar-refractivity contribution is 6.13. The van der Waals surface area contributed by atoms with Crippen LogP contribution in [0.5, 0.6) is 0 Å². The highest BCUT2D eigenvalue weighted by Crippen LogP contribution is 2.51. The van der Waals surface area contributed by atoms with Crippen molar-refractivity contribution in [2.75, 3.05) is 18.6 Å². The maximum absolute atomic E-state index is 5.72. The standard InChI is InChI=1S/C22H18N2O/c1-24-19-13-7-5-11-17(19)22(18-12-6-8-14-20(18)24)15-25-23-21(22)16-9-3-2-4-10-16/h2-14H,15H2,1H3. The molecule has 2 heterocycles. The SMILES string of the molecule is CN1c2ccccc2C2(CON=C2c2ccccc2)c2ccccc21. The van der Waals surface area contributed by atoms with Crippen molar-refractivity contribution in [1.82, 2.24) is 0 Å². The Bertz CT molecular complexity index is 931. The van der Waals surface area contributed by atoms with Crippen LogP contribution in [0.1, 0.15) is 16.7 Å². The van der Waals surface area contributed by atoms with E-state index < -0.39 is 0 Å². The van der Waals surface area contributed by atoms with E-state index in [1.165, 1.54) is 22.5 Å². The van der Waals surface area contributed by atoms with Gasteiger partial charge in [0.2, 0.25) is 0 Å². The minimum atomic E-state index is -0.374. The van der Waals surface area contributed by atoms with Crippen LogP contribution in [-0.4, -0.2) is 19.4 Å². The van der Waals surface area contributed by atoms with Crippen LogP contribution in [-0.2, 0) is 10.3 Å². The molecule has 3 aromatic rings. The summed E-state index contributed by atoms with van der Waals surface area (Å²) in [4.78, 5) is 7.98. The van der Waals surface area contributed by atoms with Gasteiger partial charge in [-0.15, -0.1) is 0 Å². The molecule has 0 saturated carbocycles. The van der Waals surface area contributed by atoms with Crippen molar-refractivity contribution in [1.29, 1.82) is 0 Å². The second-order valence-corrected chi connectivity index (χ2v) is 6.58. The molecule has 122 valence electrons. The number of nitrogens with zero attached hydrogens (tertiary/aromatic N) is 2. The first-order valence-corrected chi connectivity index (χ1v) is 8.51. The van der Waals surface area contributed by atoms with Gasteiger partial charge >= 0.3 is 0 Å². The summed E-state index contributed by atoms with van der Waals surface area (Å²) >= 11 is 0. The van der Waals surface area contributed by atoms with Gasteiger partial charge < -0.3 is 9.74 Å². The van der Waals surface area contributed by atoms with Gasteiger partial charge in [0.1, 0.15) is 17.7 Å². The zero-order valence-corrected chi connectivity index (χ0v) is 14.0. The molecule has 0 aliphatic carbocycles. The number of hydrogen-bond acceptors (Lipinski definition) is 3. The monoisotopic (exact) mass is 326 g/mol. The first-order chi connectivity index (χ1) is 12.3. The quantitative estimate of drug-likeness (QED) is 0.658. The summed E-state index contributed by atoms with van der Waals surface area (Å²) in [7, 11) is 2.12. The first-order valence-electron chi connectivity index (χ1n) is 8.51. The van der Waals surface area contributed by atoms with Gasteiger partial charge in [0, 0.05) is 24.0 Å². The van der Waals surface area contributed by atoms with Gasteiger partial charge in [-0.3, -0.25) is 0 Å². The second kappa shape index (κ2) is 5.21. The Labute approximate surface area is 147 Å². The summed E-state index contributed by atoms with van der Waals surface area (Å²) in [6, 6.07) is 27.5. The third-order valence-corrected chi connectivity index (χ3v) is 5.34. The van der Waals surface area contributed by atoms with Crippen LogP contribution in [0.2, 0.25) is 0 Å². The first kappa shape index (κ1) is 14.3. The summed E-state index contributed by atoms with van der Waals surface area (Å²) < 4.78 is 0. The van der Waals surface area contributed by atoms with Crippen LogP contribution in [0.4, 0.5) is 11.4 Å². The van der Waals surface area contributed by atoms with Crippen LogP contribution in [0.15, 0.2) is 84.0 Å². The maximum atomic E-state index is 5.72. The number of rotatable bonds is 1. The Hall–Kier alpha value is -3.07. The molecule has 0 radical (unpaired) electrons. The van der Waals surface area contributed by atoms with Gasteiger partial charge in [0.15, 0.2) is 0 Å². The van der Waals surface area contributed by atoms with Crippen molar-refractivity contribution < 1.29 is 4.84 Å². The molecule has 2 aliphatic rings. The zero-order valence-electron chi connectivity index (χ0n) is 14.0. The van der Waals surface area contributed by atoms with Gasteiger partial charge in [-0.1, -0.05) is 71.9 Å². The molecule has 0 N–H and O–H groups in total. The normalized spacial score (nSPS) is 16.8. The van der Waals surface area contributed by atoms with Gasteiger partial charge in [-0.05, 0) is 23.3 Å². The van der Waals surface area contributed by atoms with E-state index in [1.54, 1.807) is 0 Å². The molecule has 2 aliphatic heterocycles. The molecule has 0 amide bonds. The highest BCUT2D eigenvalue weighted by atomic mass is 16.6. The molecule has 3 aromatic carbocycles. The number of fused-ring (bicyclic) bond motifs is 4. The van der Waals surface area contributed by atoms with Gasteiger partial charge in [0.25, 0.3) is 0 Å². The number of hydrogen-bond donors (Lipinski definition) is 0. The smallest absolute Gasteiger partial charge is 0.136 e. The number of anilines is 2. The van der Waals surface area contributed by atoms with E-state index >= 15 is 0 Å². The van der Waals surface area contributed by atoms with Crippen molar-refractivity contribution in [2.45, 2.75) is 5.41 Å². The molecule has 25 heavy (non-hydrogen) atoms. The summed E-state index contributed by atoms with van der Waals surface area (Å²) in [6.07, 6.45) is 0. The topological polar surface area (TPSA) is 24.8 Å². The van der Waals surface area contributed by atoms with Crippen LogP contribution in [0.3, 0.4) is 0 Å². The Morgan fingerprint density at radius 2 is 1.36 bits per heavy atom. The molecular weight excluding hydrogens is 308 g/mol. The van der Waals surface area contributed by atoms with E-state index in [1.807, 2.05) is 6.07 Å². The Morgan fingerprint density at radius 3 is 2.00 bits per heavy atom. The van der Waals surface area contributed by atoms with Gasteiger partial charge in [0.05, 0.1) is 0 Å². The van der Waals surface area contributed by atoms with Crippen molar-refractivity contribution >= 4 is 17.1 Å². The maximum Gasteiger partial charge on any atom is 0.136 e. The van der Waals surface area contributed by atoms with Gasteiger partial charge in [-0.2, -0.15) is 0 Å². The molecule has 1 spiro atoms. The molecule has 3 nitrogen and oxygen atoms in total. The summed E-state index contributed by atoms with van der Waals surface area (Å²) in [6.45, 7) is 0.527. The fourth-order valence-corrected chi connectivity index (χ4v) is 4.17. The minimum absolute atomic E-state index is 0.374. The molecule has 0 aromatic heterocycles. The van der Waals surface area contributed by atoms with Crippen molar-refractivity contribution in [2.24, 2.45) is 5.16 Å². The summed E-state index contributed by atoms with van der Waals surface area (Å²) in [5, 5.41) is 4.50. The van der Waals surface area contributed by atoms with E-state index in [0.29, 0.717) is 6.61 Å². The fourth-order valence-electron chi connectivity index (χ4n) is 4.17. The predicted molar refractivity (Wildman–Crippen MR) is 101 cm³/mol. The average Bonchev–Trinajstić information content (AvgIpc) is 3.13. The van der Waals surface area contributed by atoms with Crippen molar-refractivity contribution in [3.8, 4) is 0 Å². The molecule has 0 unspecified atom stereocenters. The lowest BCUT2D eigenvalue weighted by Gasteiger charge is -2.41. The van der Waals surface area contributed by atoms with Crippen LogP contribution in [0, 0.1) is 0 Å². The fraction of sp³-hybridized carbons (Fsp3) is 0.136. The molecule has 0 bridgehead atoms. The Balaban J connectivity index is 1.85. The lowest BCUT2D eigenvalue weighted by Crippen LogP contribution is -2.43. The Kier molecular flexibility index (Phi) is 2.98. The highest BCUT2D eigenvalue weighted by Gasteiger charge is 2.50. The van der Waals surface area contributed by atoms with E-state index in [4.69, 9.17) is 4.84 Å². The average molecular weight is 326 g/mol. The molecule has 3 heteroatoms. The minimum Gasteiger partial charge on any atom is -0.394 e. The van der Waals surface area contributed by atoms with E-state index in [-0.39, 0.29) is 5.41 Å². The largest absolute Gasteiger partial charge is 0.394 e. The third-order valence-electron chi connectivity index (χ3n) is 5.34. The lowest BCUT2D eigenvalue weighted by atomic mass is 9.67. The molecule has 0 fully saturated rings. The lowest BCUT2D eigenvalue weighted by molar-refractivity contribution is 0.152. The number of benzene rings is 3.